The monoisotopic (exact) mass is 370 g/mol. The molecule has 0 amide bonds. The van der Waals surface area contributed by atoms with Gasteiger partial charge < -0.3 is 9.80 Å². The zero-order valence-corrected chi connectivity index (χ0v) is 15.9. The standard InChI is InChI=1S/C17H22N8S/c1-3-15-18-17(26-20-15)24-10-4-9-23(11-12-24)16-19-21-22-25(16)14-7-5-13(2)6-8-14/h5-8H,3-4,9-12H2,1-2H3. The molecule has 0 bridgehead atoms. The van der Waals surface area contributed by atoms with Gasteiger partial charge in [0.2, 0.25) is 11.1 Å². The van der Waals surface area contributed by atoms with Crippen molar-refractivity contribution in [1.29, 1.82) is 0 Å². The van der Waals surface area contributed by atoms with E-state index in [-0.39, 0.29) is 0 Å². The summed E-state index contributed by atoms with van der Waals surface area (Å²) in [5.74, 6) is 1.72. The van der Waals surface area contributed by atoms with Crippen molar-refractivity contribution in [2.45, 2.75) is 26.7 Å². The quantitative estimate of drug-likeness (QED) is 0.696. The Balaban J connectivity index is 1.51. The lowest BCUT2D eigenvalue weighted by Gasteiger charge is -2.21. The van der Waals surface area contributed by atoms with Gasteiger partial charge in [0.25, 0.3) is 0 Å². The van der Waals surface area contributed by atoms with Crippen LogP contribution in [-0.2, 0) is 6.42 Å². The molecule has 136 valence electrons. The number of hydrogen-bond donors (Lipinski definition) is 0. The van der Waals surface area contributed by atoms with Crippen LogP contribution in [0.1, 0.15) is 24.7 Å². The molecule has 9 heteroatoms. The minimum absolute atomic E-state index is 0.794. The van der Waals surface area contributed by atoms with Gasteiger partial charge in [-0.3, -0.25) is 0 Å². The van der Waals surface area contributed by atoms with Crippen LogP contribution in [0.4, 0.5) is 11.1 Å². The number of hydrogen-bond acceptors (Lipinski definition) is 8. The summed E-state index contributed by atoms with van der Waals surface area (Å²) in [6.45, 7) is 7.79. The van der Waals surface area contributed by atoms with Crippen LogP contribution >= 0.6 is 11.5 Å². The highest BCUT2D eigenvalue weighted by molar-refractivity contribution is 7.09. The Morgan fingerprint density at radius 3 is 2.58 bits per heavy atom. The molecule has 4 rings (SSSR count). The van der Waals surface area contributed by atoms with Crippen LogP contribution in [0.5, 0.6) is 0 Å². The fourth-order valence-corrected chi connectivity index (χ4v) is 3.86. The van der Waals surface area contributed by atoms with Crippen LogP contribution in [-0.4, -0.2) is 55.7 Å². The summed E-state index contributed by atoms with van der Waals surface area (Å²) >= 11 is 1.49. The summed E-state index contributed by atoms with van der Waals surface area (Å²) < 4.78 is 6.22. The van der Waals surface area contributed by atoms with Gasteiger partial charge in [0.05, 0.1) is 5.69 Å². The maximum Gasteiger partial charge on any atom is 0.250 e. The van der Waals surface area contributed by atoms with Crippen molar-refractivity contribution in [3.05, 3.63) is 35.7 Å². The van der Waals surface area contributed by atoms with Gasteiger partial charge in [0.1, 0.15) is 5.82 Å². The lowest BCUT2D eigenvalue weighted by atomic mass is 10.2. The predicted molar refractivity (Wildman–Crippen MR) is 102 cm³/mol. The number of tetrazole rings is 1. The smallest absolute Gasteiger partial charge is 0.250 e. The minimum atomic E-state index is 0.794. The Bertz CT molecular complexity index is 856. The zero-order chi connectivity index (χ0) is 17.9. The maximum absolute atomic E-state index is 4.62. The molecule has 0 N–H and O–H groups in total. The molecule has 26 heavy (non-hydrogen) atoms. The van der Waals surface area contributed by atoms with E-state index in [1.165, 1.54) is 17.1 Å². The van der Waals surface area contributed by atoms with Gasteiger partial charge in [0, 0.05) is 44.1 Å². The molecule has 0 unspecified atom stereocenters. The highest BCUT2D eigenvalue weighted by atomic mass is 32.1. The van der Waals surface area contributed by atoms with E-state index >= 15 is 0 Å². The van der Waals surface area contributed by atoms with Gasteiger partial charge >= 0.3 is 0 Å². The van der Waals surface area contributed by atoms with Gasteiger partial charge in [-0.1, -0.05) is 29.7 Å². The van der Waals surface area contributed by atoms with Crippen LogP contribution < -0.4 is 9.80 Å². The first-order valence-corrected chi connectivity index (χ1v) is 9.70. The summed E-state index contributed by atoms with van der Waals surface area (Å²) in [7, 11) is 0. The molecule has 3 aromatic rings. The molecule has 8 nitrogen and oxygen atoms in total. The first-order chi connectivity index (χ1) is 12.7. The zero-order valence-electron chi connectivity index (χ0n) is 15.0. The highest BCUT2D eigenvalue weighted by Gasteiger charge is 2.22. The maximum atomic E-state index is 4.62. The molecule has 1 aromatic carbocycles. The highest BCUT2D eigenvalue weighted by Crippen LogP contribution is 2.22. The Morgan fingerprint density at radius 2 is 1.81 bits per heavy atom. The topological polar surface area (TPSA) is 75.9 Å². The molecular weight excluding hydrogens is 348 g/mol. The lowest BCUT2D eigenvalue weighted by Crippen LogP contribution is -2.32. The Kier molecular flexibility index (Phi) is 4.79. The molecular formula is C17H22N8S. The number of aromatic nitrogens is 6. The number of rotatable bonds is 4. The molecule has 0 spiro atoms. The summed E-state index contributed by atoms with van der Waals surface area (Å²) in [5.41, 5.74) is 2.20. The lowest BCUT2D eigenvalue weighted by molar-refractivity contribution is 0.743. The number of nitrogens with zero attached hydrogens (tertiary/aromatic N) is 8. The Hall–Kier alpha value is -2.55. The fraction of sp³-hybridized carbons (Fsp3) is 0.471. The first-order valence-electron chi connectivity index (χ1n) is 8.92. The van der Waals surface area contributed by atoms with Crippen molar-refractivity contribution in [2.24, 2.45) is 0 Å². The Morgan fingerprint density at radius 1 is 1.04 bits per heavy atom. The molecule has 1 saturated heterocycles. The van der Waals surface area contributed by atoms with Crippen LogP contribution in [0.15, 0.2) is 24.3 Å². The first kappa shape index (κ1) is 16.9. The van der Waals surface area contributed by atoms with Crippen LogP contribution in [0, 0.1) is 6.92 Å². The van der Waals surface area contributed by atoms with E-state index in [1.807, 2.05) is 16.8 Å². The van der Waals surface area contributed by atoms with E-state index < -0.39 is 0 Å². The van der Waals surface area contributed by atoms with Gasteiger partial charge in [-0.2, -0.15) is 9.06 Å². The average molecular weight is 370 g/mol. The van der Waals surface area contributed by atoms with Gasteiger partial charge in [-0.25, -0.2) is 4.98 Å². The number of anilines is 2. The summed E-state index contributed by atoms with van der Waals surface area (Å²) in [6, 6.07) is 8.25. The normalized spacial score (nSPS) is 15.3. The van der Waals surface area contributed by atoms with Gasteiger partial charge in [-0.05, 0) is 35.9 Å². The van der Waals surface area contributed by atoms with Crippen LogP contribution in [0.3, 0.4) is 0 Å². The van der Waals surface area contributed by atoms with Crippen LogP contribution in [0.2, 0.25) is 0 Å². The second-order valence-electron chi connectivity index (χ2n) is 6.40. The van der Waals surface area contributed by atoms with Crippen molar-refractivity contribution in [3.63, 3.8) is 0 Å². The molecule has 0 aliphatic carbocycles. The molecule has 0 saturated carbocycles. The number of benzene rings is 1. The van der Waals surface area contributed by atoms with Crippen molar-refractivity contribution >= 4 is 22.6 Å². The predicted octanol–water partition coefficient (Wildman–Crippen LogP) is 2.10. The molecule has 0 atom stereocenters. The second kappa shape index (κ2) is 7.36. The summed E-state index contributed by atoms with van der Waals surface area (Å²) in [4.78, 5) is 9.19. The van der Waals surface area contributed by atoms with E-state index in [9.17, 15) is 0 Å². The molecule has 3 heterocycles. The summed E-state index contributed by atoms with van der Waals surface area (Å²) in [5, 5.41) is 13.4. The third kappa shape index (κ3) is 3.39. The molecule has 1 aliphatic heterocycles. The minimum Gasteiger partial charge on any atom is -0.345 e. The van der Waals surface area contributed by atoms with Crippen molar-refractivity contribution in [2.75, 3.05) is 36.0 Å². The number of aryl methyl sites for hydroxylation is 2. The summed E-state index contributed by atoms with van der Waals surface area (Å²) in [6.07, 6.45) is 1.91. The van der Waals surface area contributed by atoms with Crippen molar-refractivity contribution in [3.8, 4) is 5.69 Å². The molecule has 2 aromatic heterocycles. The third-order valence-electron chi connectivity index (χ3n) is 4.55. The van der Waals surface area contributed by atoms with E-state index in [2.05, 4.69) is 60.7 Å². The van der Waals surface area contributed by atoms with Crippen molar-refractivity contribution in [1.82, 2.24) is 29.6 Å². The van der Waals surface area contributed by atoms with Gasteiger partial charge in [0.15, 0.2) is 0 Å². The third-order valence-corrected chi connectivity index (χ3v) is 5.37. The van der Waals surface area contributed by atoms with Gasteiger partial charge in [-0.15, -0.1) is 0 Å². The van der Waals surface area contributed by atoms with Crippen molar-refractivity contribution < 1.29 is 0 Å². The Labute approximate surface area is 156 Å². The van der Waals surface area contributed by atoms with E-state index in [4.69, 9.17) is 0 Å². The second-order valence-corrected chi connectivity index (χ2v) is 7.13. The molecule has 0 radical (unpaired) electrons. The SMILES string of the molecule is CCc1nsc(N2CCCN(c3nnnn3-c3ccc(C)cc3)CC2)n1. The van der Waals surface area contributed by atoms with E-state index in [0.717, 1.165) is 61.6 Å². The van der Waals surface area contributed by atoms with E-state index in [1.54, 1.807) is 0 Å². The fourth-order valence-electron chi connectivity index (χ4n) is 3.06. The molecule has 1 fully saturated rings. The van der Waals surface area contributed by atoms with Crippen LogP contribution in [0.25, 0.3) is 5.69 Å². The average Bonchev–Trinajstić information content (AvgIpc) is 3.27. The molecule has 1 aliphatic rings. The largest absolute Gasteiger partial charge is 0.345 e. The van der Waals surface area contributed by atoms with E-state index in [0.29, 0.717) is 0 Å².